The summed E-state index contributed by atoms with van der Waals surface area (Å²) in [5, 5.41) is 2.21. The standard InChI is InChI=1S/C25H21FN2S/c1-3-18(2)14-21-8-6-19(7-9-21)4-5-20-10-12-22(13-11-20)25-24(26)15-23(16-27-25)28-17-29/h6-13,15-16,18H,3,14H2,1-2H3. The molecule has 2 nitrogen and oxygen atoms in total. The van der Waals surface area contributed by atoms with Gasteiger partial charge in [-0.1, -0.05) is 56.4 Å². The van der Waals surface area contributed by atoms with Crippen molar-refractivity contribution < 1.29 is 4.39 Å². The van der Waals surface area contributed by atoms with Crippen LogP contribution in [0.4, 0.5) is 10.1 Å². The second-order valence-electron chi connectivity index (χ2n) is 6.97. The van der Waals surface area contributed by atoms with Crippen molar-refractivity contribution >= 4 is 23.1 Å². The lowest BCUT2D eigenvalue weighted by Crippen LogP contribution is -1.97. The molecule has 0 aliphatic heterocycles. The number of hydrogen-bond acceptors (Lipinski definition) is 3. The zero-order valence-electron chi connectivity index (χ0n) is 16.4. The second-order valence-corrected chi connectivity index (χ2v) is 7.15. The number of benzene rings is 2. The molecular formula is C25H21FN2S. The molecule has 1 atom stereocenters. The topological polar surface area (TPSA) is 25.2 Å². The quantitative estimate of drug-likeness (QED) is 0.273. The normalized spacial score (nSPS) is 11.1. The van der Waals surface area contributed by atoms with Gasteiger partial charge in [-0.15, -0.1) is 0 Å². The third-order valence-corrected chi connectivity index (χ3v) is 4.84. The molecule has 0 fully saturated rings. The van der Waals surface area contributed by atoms with Gasteiger partial charge in [-0.2, -0.15) is 4.99 Å². The Balaban J connectivity index is 1.72. The van der Waals surface area contributed by atoms with Crippen LogP contribution in [0.5, 0.6) is 0 Å². The van der Waals surface area contributed by atoms with Crippen molar-refractivity contribution in [3.8, 4) is 23.1 Å². The average Bonchev–Trinajstić information content (AvgIpc) is 2.74. The van der Waals surface area contributed by atoms with Gasteiger partial charge in [-0.3, -0.25) is 4.98 Å². The second kappa shape index (κ2) is 9.89. The Bertz CT molecular complexity index is 1090. The summed E-state index contributed by atoms with van der Waals surface area (Å²) in [5.41, 5.74) is 4.47. The number of pyridine rings is 1. The first-order valence-corrected chi connectivity index (χ1v) is 9.94. The summed E-state index contributed by atoms with van der Waals surface area (Å²) in [4.78, 5) is 7.87. The molecule has 0 N–H and O–H groups in total. The van der Waals surface area contributed by atoms with E-state index in [1.807, 2.05) is 24.3 Å². The highest BCUT2D eigenvalue weighted by molar-refractivity contribution is 7.78. The Labute approximate surface area is 176 Å². The summed E-state index contributed by atoms with van der Waals surface area (Å²) >= 11 is 4.53. The Morgan fingerprint density at radius 2 is 1.66 bits per heavy atom. The molecule has 144 valence electrons. The van der Waals surface area contributed by atoms with E-state index in [1.165, 1.54) is 24.2 Å². The van der Waals surface area contributed by atoms with Gasteiger partial charge in [0.15, 0.2) is 5.82 Å². The van der Waals surface area contributed by atoms with Gasteiger partial charge in [0.2, 0.25) is 0 Å². The Kier molecular flexibility index (Phi) is 7.03. The fraction of sp³-hybridized carbons (Fsp3) is 0.200. The molecule has 0 radical (unpaired) electrons. The van der Waals surface area contributed by atoms with E-state index in [-0.39, 0.29) is 5.69 Å². The first kappa shape index (κ1) is 20.6. The van der Waals surface area contributed by atoms with Gasteiger partial charge in [-0.25, -0.2) is 4.39 Å². The van der Waals surface area contributed by atoms with E-state index in [4.69, 9.17) is 0 Å². The lowest BCUT2D eigenvalue weighted by Gasteiger charge is -2.07. The molecule has 0 bridgehead atoms. The third kappa shape index (κ3) is 5.68. The van der Waals surface area contributed by atoms with Crippen LogP contribution in [0.1, 0.15) is 37.0 Å². The van der Waals surface area contributed by atoms with Crippen LogP contribution >= 0.6 is 12.2 Å². The van der Waals surface area contributed by atoms with Gasteiger partial charge < -0.3 is 0 Å². The maximum Gasteiger partial charge on any atom is 0.151 e. The largest absolute Gasteiger partial charge is 0.251 e. The predicted molar refractivity (Wildman–Crippen MR) is 120 cm³/mol. The zero-order valence-corrected chi connectivity index (χ0v) is 17.3. The Morgan fingerprint density at radius 3 is 2.21 bits per heavy atom. The van der Waals surface area contributed by atoms with E-state index in [9.17, 15) is 4.39 Å². The summed E-state index contributed by atoms with van der Waals surface area (Å²) in [6.07, 6.45) is 3.74. The third-order valence-electron chi connectivity index (χ3n) is 4.75. The van der Waals surface area contributed by atoms with Crippen LogP contribution in [0.15, 0.2) is 65.8 Å². The summed E-state index contributed by atoms with van der Waals surface area (Å²) in [7, 11) is 0. The van der Waals surface area contributed by atoms with Gasteiger partial charge in [0.1, 0.15) is 5.69 Å². The molecule has 0 amide bonds. The molecule has 1 unspecified atom stereocenters. The van der Waals surface area contributed by atoms with E-state index in [0.717, 1.165) is 17.5 Å². The fourth-order valence-corrected chi connectivity index (χ4v) is 2.99. The highest BCUT2D eigenvalue weighted by Gasteiger charge is 2.07. The lowest BCUT2D eigenvalue weighted by atomic mass is 9.98. The monoisotopic (exact) mass is 400 g/mol. The highest BCUT2D eigenvalue weighted by atomic mass is 32.1. The van der Waals surface area contributed by atoms with Crippen molar-refractivity contribution in [2.45, 2.75) is 26.7 Å². The van der Waals surface area contributed by atoms with E-state index in [2.05, 4.69) is 77.3 Å². The van der Waals surface area contributed by atoms with Crippen LogP contribution in [0.25, 0.3) is 11.3 Å². The molecule has 1 aromatic heterocycles. The van der Waals surface area contributed by atoms with E-state index in [1.54, 1.807) is 0 Å². The highest BCUT2D eigenvalue weighted by Crippen LogP contribution is 2.24. The summed E-state index contributed by atoms with van der Waals surface area (Å²) in [6.45, 7) is 4.48. The molecule has 0 saturated carbocycles. The van der Waals surface area contributed by atoms with Crippen LogP contribution in [0.2, 0.25) is 0 Å². The molecule has 0 aliphatic carbocycles. The number of aliphatic imine (C=N–C) groups is 1. The van der Waals surface area contributed by atoms with Gasteiger partial charge in [0.05, 0.1) is 17.0 Å². The number of rotatable bonds is 5. The van der Waals surface area contributed by atoms with Crippen LogP contribution < -0.4 is 0 Å². The average molecular weight is 401 g/mol. The SMILES string of the molecule is CCC(C)Cc1ccc(C#Cc2ccc(-c3ncc(N=C=S)cc3F)cc2)cc1. The summed E-state index contributed by atoms with van der Waals surface area (Å²) < 4.78 is 14.3. The number of isothiocyanates is 1. The Morgan fingerprint density at radius 1 is 1.03 bits per heavy atom. The minimum Gasteiger partial charge on any atom is -0.251 e. The van der Waals surface area contributed by atoms with Crippen LogP contribution in [-0.4, -0.2) is 10.1 Å². The molecule has 1 heterocycles. The molecule has 3 aromatic rings. The molecule has 4 heteroatoms. The molecule has 0 saturated heterocycles. The van der Waals surface area contributed by atoms with Crippen molar-refractivity contribution in [1.29, 1.82) is 0 Å². The van der Waals surface area contributed by atoms with Gasteiger partial charge in [-0.05, 0) is 54.4 Å². The van der Waals surface area contributed by atoms with E-state index in [0.29, 0.717) is 17.2 Å². The van der Waals surface area contributed by atoms with Crippen molar-refractivity contribution in [3.63, 3.8) is 0 Å². The van der Waals surface area contributed by atoms with Crippen LogP contribution in [0, 0.1) is 23.6 Å². The van der Waals surface area contributed by atoms with E-state index < -0.39 is 5.82 Å². The minimum absolute atomic E-state index is 0.268. The molecule has 2 aromatic carbocycles. The fourth-order valence-electron chi connectivity index (χ4n) is 2.88. The maximum absolute atomic E-state index is 14.3. The van der Waals surface area contributed by atoms with Gasteiger partial charge >= 0.3 is 0 Å². The first-order valence-electron chi connectivity index (χ1n) is 9.54. The van der Waals surface area contributed by atoms with E-state index >= 15 is 0 Å². The molecule has 29 heavy (non-hydrogen) atoms. The molecule has 0 aliphatic rings. The number of nitrogens with zero attached hydrogens (tertiary/aromatic N) is 2. The van der Waals surface area contributed by atoms with Crippen LogP contribution in [0.3, 0.4) is 0 Å². The summed E-state index contributed by atoms with van der Waals surface area (Å²) in [5.74, 6) is 6.57. The van der Waals surface area contributed by atoms with Gasteiger partial charge in [0, 0.05) is 22.8 Å². The van der Waals surface area contributed by atoms with Crippen LogP contribution in [-0.2, 0) is 6.42 Å². The lowest BCUT2D eigenvalue weighted by molar-refractivity contribution is 0.560. The maximum atomic E-state index is 14.3. The van der Waals surface area contributed by atoms with Crippen molar-refractivity contribution in [1.82, 2.24) is 4.98 Å². The van der Waals surface area contributed by atoms with Crippen molar-refractivity contribution in [2.75, 3.05) is 0 Å². The first-order chi connectivity index (χ1) is 14.1. The van der Waals surface area contributed by atoms with Crippen molar-refractivity contribution in [3.05, 3.63) is 83.3 Å². The molecular weight excluding hydrogens is 379 g/mol. The predicted octanol–water partition coefficient (Wildman–Crippen LogP) is 6.61. The number of thiocarbonyl (C=S) groups is 1. The Hall–Kier alpha value is -3.12. The van der Waals surface area contributed by atoms with Crippen molar-refractivity contribution in [2.24, 2.45) is 10.9 Å². The number of halogens is 1. The minimum atomic E-state index is -0.451. The summed E-state index contributed by atoms with van der Waals surface area (Å²) in [6, 6.07) is 17.1. The number of hydrogen-bond donors (Lipinski definition) is 0. The van der Waals surface area contributed by atoms with Gasteiger partial charge in [0.25, 0.3) is 0 Å². The smallest absolute Gasteiger partial charge is 0.151 e. The molecule has 0 spiro atoms. The molecule has 3 rings (SSSR count). The number of aromatic nitrogens is 1. The zero-order chi connectivity index (χ0) is 20.6.